The molecule has 0 bridgehead atoms. The number of hydrogen-bond acceptors (Lipinski definition) is 6. The molecule has 2 heterocycles. The molecule has 3 rings (SSSR count). The van der Waals surface area contributed by atoms with Gasteiger partial charge in [0.05, 0.1) is 29.4 Å². The van der Waals surface area contributed by atoms with Gasteiger partial charge in [0, 0.05) is 11.4 Å². The van der Waals surface area contributed by atoms with Gasteiger partial charge in [0.1, 0.15) is 5.75 Å². The summed E-state index contributed by atoms with van der Waals surface area (Å²) in [4.78, 5) is 17.2. The van der Waals surface area contributed by atoms with E-state index in [4.69, 9.17) is 15.0 Å². The molecule has 0 unspecified atom stereocenters. The normalized spacial score (nSPS) is 11.1. The summed E-state index contributed by atoms with van der Waals surface area (Å²) in [6, 6.07) is 6.82. The van der Waals surface area contributed by atoms with E-state index >= 15 is 0 Å². The number of pyridine rings is 1. The second kappa shape index (κ2) is 6.43. The molecule has 0 fully saturated rings. The molecular formula is C18H20N4O3. The van der Waals surface area contributed by atoms with E-state index in [1.165, 1.54) is 0 Å². The molecule has 0 aliphatic heterocycles. The van der Waals surface area contributed by atoms with Crippen molar-refractivity contribution in [1.82, 2.24) is 10.1 Å². The van der Waals surface area contributed by atoms with Crippen molar-refractivity contribution in [2.24, 2.45) is 0 Å². The summed E-state index contributed by atoms with van der Waals surface area (Å²) in [5.74, 6) is 0.389. The predicted molar refractivity (Wildman–Crippen MR) is 96.0 cm³/mol. The van der Waals surface area contributed by atoms with Gasteiger partial charge in [0.2, 0.25) is 0 Å². The summed E-state index contributed by atoms with van der Waals surface area (Å²) in [5.41, 5.74) is 9.15. The zero-order valence-corrected chi connectivity index (χ0v) is 14.6. The number of methoxy groups -OCH3 is 1. The first-order valence-corrected chi connectivity index (χ1v) is 7.92. The van der Waals surface area contributed by atoms with E-state index < -0.39 is 0 Å². The Kier molecular flexibility index (Phi) is 4.31. The Balaban J connectivity index is 2.02. The highest BCUT2D eigenvalue weighted by Gasteiger charge is 2.21. The van der Waals surface area contributed by atoms with Gasteiger partial charge in [-0.3, -0.25) is 4.79 Å². The van der Waals surface area contributed by atoms with Crippen LogP contribution in [0.1, 0.15) is 41.5 Å². The van der Waals surface area contributed by atoms with Crippen LogP contribution in [-0.2, 0) is 0 Å². The van der Waals surface area contributed by atoms with Gasteiger partial charge in [-0.1, -0.05) is 19.0 Å². The number of hydrogen-bond donors (Lipinski definition) is 2. The molecule has 130 valence electrons. The van der Waals surface area contributed by atoms with Crippen molar-refractivity contribution < 1.29 is 14.1 Å². The predicted octanol–water partition coefficient (Wildman–Crippen LogP) is 3.50. The molecule has 0 radical (unpaired) electrons. The highest BCUT2D eigenvalue weighted by molar-refractivity contribution is 6.12. The van der Waals surface area contributed by atoms with E-state index in [1.54, 1.807) is 38.3 Å². The number of ether oxygens (including phenoxy) is 1. The van der Waals surface area contributed by atoms with E-state index in [0.29, 0.717) is 45.2 Å². The lowest BCUT2D eigenvalue weighted by molar-refractivity contribution is 0.102. The van der Waals surface area contributed by atoms with Crippen molar-refractivity contribution >= 4 is 28.4 Å². The third-order valence-electron chi connectivity index (χ3n) is 3.88. The number of nitrogen functional groups attached to an aromatic ring is 1. The molecule has 0 saturated heterocycles. The van der Waals surface area contributed by atoms with Gasteiger partial charge < -0.3 is 20.3 Å². The van der Waals surface area contributed by atoms with Crippen LogP contribution in [0.5, 0.6) is 5.75 Å². The maximum atomic E-state index is 12.8. The first-order valence-electron chi connectivity index (χ1n) is 7.92. The molecule has 0 spiro atoms. The molecule has 0 aliphatic carbocycles. The molecule has 7 heteroatoms. The Labute approximate surface area is 145 Å². The van der Waals surface area contributed by atoms with Gasteiger partial charge in [-0.15, -0.1) is 0 Å². The van der Waals surface area contributed by atoms with Gasteiger partial charge in [0.15, 0.2) is 0 Å². The number of benzene rings is 1. The highest BCUT2D eigenvalue weighted by Crippen LogP contribution is 2.29. The first-order chi connectivity index (χ1) is 11.9. The van der Waals surface area contributed by atoms with Gasteiger partial charge in [-0.25, -0.2) is 4.98 Å². The largest absolute Gasteiger partial charge is 0.495 e. The molecule has 1 aromatic carbocycles. The second-order valence-electron chi connectivity index (χ2n) is 6.12. The second-order valence-corrected chi connectivity index (χ2v) is 6.12. The van der Waals surface area contributed by atoms with Crippen LogP contribution in [0, 0.1) is 6.92 Å². The van der Waals surface area contributed by atoms with Crippen LogP contribution < -0.4 is 15.8 Å². The number of nitrogens with two attached hydrogens (primary N) is 1. The lowest BCUT2D eigenvalue weighted by atomic mass is 10.0. The van der Waals surface area contributed by atoms with Crippen LogP contribution >= 0.6 is 0 Å². The number of carbonyl (C=O) groups excluding carboxylic acids is 1. The Morgan fingerprint density at radius 3 is 2.72 bits per heavy atom. The SMILES string of the molecule is COc1ccc(NC(=O)c2cc(C)nc3onc(C(C)C)c23)cc1N. The van der Waals surface area contributed by atoms with E-state index in [-0.39, 0.29) is 11.8 Å². The summed E-state index contributed by atoms with van der Waals surface area (Å²) < 4.78 is 10.4. The lowest BCUT2D eigenvalue weighted by Crippen LogP contribution is -2.14. The van der Waals surface area contributed by atoms with Crippen molar-refractivity contribution in [3.05, 3.63) is 41.2 Å². The number of nitrogens with one attached hydrogen (secondary N) is 1. The minimum absolute atomic E-state index is 0.105. The van der Waals surface area contributed by atoms with Crippen LogP contribution in [0.15, 0.2) is 28.8 Å². The summed E-state index contributed by atoms with van der Waals surface area (Å²) in [7, 11) is 1.54. The van der Waals surface area contributed by atoms with Crippen LogP contribution in [-0.4, -0.2) is 23.2 Å². The van der Waals surface area contributed by atoms with Crippen molar-refractivity contribution in [3.63, 3.8) is 0 Å². The highest BCUT2D eigenvalue weighted by atomic mass is 16.5. The maximum Gasteiger partial charge on any atom is 0.259 e. The number of fused-ring (bicyclic) bond motifs is 1. The van der Waals surface area contributed by atoms with E-state index in [9.17, 15) is 4.79 Å². The Morgan fingerprint density at radius 2 is 2.08 bits per heavy atom. The quantitative estimate of drug-likeness (QED) is 0.705. The van der Waals surface area contributed by atoms with E-state index in [1.807, 2.05) is 13.8 Å². The molecule has 0 aliphatic rings. The topological polar surface area (TPSA) is 103 Å². The third kappa shape index (κ3) is 3.13. The average Bonchev–Trinajstić information content (AvgIpc) is 2.98. The fraction of sp³-hybridized carbons (Fsp3) is 0.278. The van der Waals surface area contributed by atoms with Crippen LogP contribution in [0.2, 0.25) is 0 Å². The molecule has 0 atom stereocenters. The molecule has 1 amide bonds. The molecular weight excluding hydrogens is 320 g/mol. The average molecular weight is 340 g/mol. The summed E-state index contributed by atoms with van der Waals surface area (Å²) >= 11 is 0. The fourth-order valence-corrected chi connectivity index (χ4v) is 2.68. The maximum absolute atomic E-state index is 12.8. The number of nitrogens with zero attached hydrogens (tertiary/aromatic N) is 2. The zero-order chi connectivity index (χ0) is 18.1. The molecule has 3 aromatic rings. The smallest absolute Gasteiger partial charge is 0.259 e. The standard InChI is InChI=1S/C18H20N4O3/c1-9(2)16-15-12(7-10(3)20-18(15)25-22-16)17(23)21-11-5-6-14(24-4)13(19)8-11/h5-9H,19H2,1-4H3,(H,21,23). The third-order valence-corrected chi connectivity index (χ3v) is 3.88. The summed E-state index contributed by atoms with van der Waals surface area (Å²) in [6.07, 6.45) is 0. The number of anilines is 2. The van der Waals surface area contributed by atoms with Crippen molar-refractivity contribution in [1.29, 1.82) is 0 Å². The van der Waals surface area contributed by atoms with E-state index in [2.05, 4.69) is 15.5 Å². The Morgan fingerprint density at radius 1 is 1.32 bits per heavy atom. The van der Waals surface area contributed by atoms with Gasteiger partial charge >= 0.3 is 0 Å². The monoisotopic (exact) mass is 340 g/mol. The van der Waals surface area contributed by atoms with Gasteiger partial charge in [0.25, 0.3) is 11.6 Å². The minimum Gasteiger partial charge on any atom is -0.495 e. The fourth-order valence-electron chi connectivity index (χ4n) is 2.68. The van der Waals surface area contributed by atoms with Crippen molar-refractivity contribution in [3.8, 4) is 5.75 Å². The lowest BCUT2D eigenvalue weighted by Gasteiger charge is -2.10. The number of rotatable bonds is 4. The van der Waals surface area contributed by atoms with Crippen molar-refractivity contribution in [2.75, 3.05) is 18.2 Å². The number of aryl methyl sites for hydroxylation is 1. The molecule has 3 N–H and O–H groups in total. The summed E-state index contributed by atoms with van der Waals surface area (Å²) in [5, 5.41) is 7.56. The van der Waals surface area contributed by atoms with Crippen molar-refractivity contribution in [2.45, 2.75) is 26.7 Å². The van der Waals surface area contributed by atoms with Crippen LogP contribution in [0.25, 0.3) is 11.1 Å². The number of carbonyl (C=O) groups is 1. The minimum atomic E-state index is -0.273. The molecule has 2 aromatic heterocycles. The van der Waals surface area contributed by atoms with Crippen LogP contribution in [0.4, 0.5) is 11.4 Å². The molecule has 7 nitrogen and oxygen atoms in total. The van der Waals surface area contributed by atoms with E-state index in [0.717, 1.165) is 0 Å². The Bertz CT molecular complexity index is 947. The van der Waals surface area contributed by atoms with Crippen LogP contribution in [0.3, 0.4) is 0 Å². The summed E-state index contributed by atoms with van der Waals surface area (Å²) in [6.45, 7) is 5.78. The number of amides is 1. The molecule has 0 saturated carbocycles. The zero-order valence-electron chi connectivity index (χ0n) is 14.6. The first kappa shape index (κ1) is 16.8. The molecule has 25 heavy (non-hydrogen) atoms. The van der Waals surface area contributed by atoms with Gasteiger partial charge in [-0.05, 0) is 37.1 Å². The van der Waals surface area contributed by atoms with Gasteiger partial charge in [-0.2, -0.15) is 0 Å². The Hall–Kier alpha value is -3.09. The number of aromatic nitrogens is 2.